The quantitative estimate of drug-likeness (QED) is 0.776. The van der Waals surface area contributed by atoms with Crippen LogP contribution in [0.25, 0.3) is 6.08 Å². The van der Waals surface area contributed by atoms with Gasteiger partial charge in [-0.25, -0.2) is 0 Å². The molecule has 3 N–H and O–H groups in total. The SMILES string of the molecule is COc1ccccc1C=CCNc1cc(C(N)=O)ccc1CN(C)C. The molecule has 5 nitrogen and oxygen atoms in total. The van der Waals surface area contributed by atoms with Gasteiger partial charge in [0, 0.05) is 29.9 Å². The number of rotatable bonds is 8. The fraction of sp³-hybridized carbons (Fsp3) is 0.250. The number of ether oxygens (including phenoxy) is 1. The van der Waals surface area contributed by atoms with Crippen molar-refractivity contribution in [3.63, 3.8) is 0 Å². The maximum absolute atomic E-state index is 11.4. The molecule has 0 aliphatic rings. The number of nitrogens with two attached hydrogens (primary N) is 1. The zero-order valence-corrected chi connectivity index (χ0v) is 15.0. The molecule has 0 saturated carbocycles. The molecule has 2 aromatic carbocycles. The fourth-order valence-electron chi connectivity index (χ4n) is 2.53. The highest BCUT2D eigenvalue weighted by atomic mass is 16.5. The lowest BCUT2D eigenvalue weighted by Crippen LogP contribution is -2.15. The van der Waals surface area contributed by atoms with Crippen molar-refractivity contribution in [2.45, 2.75) is 6.54 Å². The normalized spacial score (nSPS) is 11.0. The lowest BCUT2D eigenvalue weighted by molar-refractivity contribution is 0.100. The molecule has 0 aromatic heterocycles. The van der Waals surface area contributed by atoms with E-state index in [9.17, 15) is 4.79 Å². The molecule has 2 rings (SSSR count). The number of anilines is 1. The van der Waals surface area contributed by atoms with E-state index in [4.69, 9.17) is 10.5 Å². The van der Waals surface area contributed by atoms with Gasteiger partial charge in [0.05, 0.1) is 7.11 Å². The van der Waals surface area contributed by atoms with Crippen LogP contribution in [-0.2, 0) is 6.54 Å². The summed E-state index contributed by atoms with van der Waals surface area (Å²) in [5.41, 5.74) is 8.93. The van der Waals surface area contributed by atoms with Gasteiger partial charge in [-0.1, -0.05) is 36.4 Å². The topological polar surface area (TPSA) is 67.6 Å². The van der Waals surface area contributed by atoms with Crippen molar-refractivity contribution in [2.24, 2.45) is 5.73 Å². The number of hydrogen-bond acceptors (Lipinski definition) is 4. The summed E-state index contributed by atoms with van der Waals surface area (Å²) in [6.45, 7) is 1.40. The van der Waals surface area contributed by atoms with Gasteiger partial charge in [0.1, 0.15) is 5.75 Å². The average molecular weight is 339 g/mol. The van der Waals surface area contributed by atoms with Crippen molar-refractivity contribution < 1.29 is 9.53 Å². The molecule has 25 heavy (non-hydrogen) atoms. The number of benzene rings is 2. The van der Waals surface area contributed by atoms with Crippen LogP contribution in [0.15, 0.2) is 48.5 Å². The number of nitrogens with one attached hydrogen (secondary N) is 1. The highest BCUT2D eigenvalue weighted by molar-refractivity contribution is 5.94. The van der Waals surface area contributed by atoms with Crippen LogP contribution in [0.5, 0.6) is 5.75 Å². The van der Waals surface area contributed by atoms with Gasteiger partial charge in [-0.2, -0.15) is 0 Å². The molecular formula is C20H25N3O2. The number of hydrogen-bond donors (Lipinski definition) is 2. The van der Waals surface area contributed by atoms with E-state index in [1.807, 2.05) is 56.6 Å². The Hall–Kier alpha value is -2.79. The zero-order chi connectivity index (χ0) is 18.2. The summed E-state index contributed by atoms with van der Waals surface area (Å²) in [7, 11) is 5.68. The highest BCUT2D eigenvalue weighted by Gasteiger charge is 2.07. The predicted octanol–water partition coefficient (Wildman–Crippen LogP) is 2.98. The van der Waals surface area contributed by atoms with Gasteiger partial charge in [-0.15, -0.1) is 0 Å². The van der Waals surface area contributed by atoms with Crippen molar-refractivity contribution in [3.05, 3.63) is 65.2 Å². The number of primary amides is 1. The Bertz CT molecular complexity index is 754. The van der Waals surface area contributed by atoms with E-state index >= 15 is 0 Å². The largest absolute Gasteiger partial charge is 0.496 e. The van der Waals surface area contributed by atoms with E-state index in [1.54, 1.807) is 19.2 Å². The van der Waals surface area contributed by atoms with Gasteiger partial charge in [0.2, 0.25) is 5.91 Å². The van der Waals surface area contributed by atoms with Crippen LogP contribution in [0, 0.1) is 0 Å². The smallest absolute Gasteiger partial charge is 0.248 e. The molecule has 0 bridgehead atoms. The number of methoxy groups -OCH3 is 1. The summed E-state index contributed by atoms with van der Waals surface area (Å²) in [5, 5.41) is 3.36. The number of carbonyl (C=O) groups excluding carboxylic acids is 1. The van der Waals surface area contributed by atoms with E-state index in [2.05, 4.69) is 10.2 Å². The van der Waals surface area contributed by atoms with Gasteiger partial charge in [0.15, 0.2) is 0 Å². The van der Waals surface area contributed by atoms with Crippen molar-refractivity contribution in [3.8, 4) is 5.75 Å². The van der Waals surface area contributed by atoms with Crippen molar-refractivity contribution in [1.82, 2.24) is 4.90 Å². The molecule has 2 aromatic rings. The monoisotopic (exact) mass is 339 g/mol. The fourth-order valence-corrected chi connectivity index (χ4v) is 2.53. The molecule has 132 valence electrons. The Morgan fingerprint density at radius 2 is 2.00 bits per heavy atom. The van der Waals surface area contributed by atoms with Gasteiger partial charge >= 0.3 is 0 Å². The second-order valence-electron chi connectivity index (χ2n) is 6.00. The molecule has 1 amide bonds. The third-order valence-electron chi connectivity index (χ3n) is 3.73. The lowest BCUT2D eigenvalue weighted by atomic mass is 10.1. The number of nitrogens with zero attached hydrogens (tertiary/aromatic N) is 1. The van der Waals surface area contributed by atoms with Gasteiger partial charge in [-0.05, 0) is 37.9 Å². The first-order valence-corrected chi connectivity index (χ1v) is 8.12. The van der Waals surface area contributed by atoms with Crippen molar-refractivity contribution in [2.75, 3.05) is 33.1 Å². The second-order valence-corrected chi connectivity index (χ2v) is 6.00. The minimum atomic E-state index is -0.427. The molecule has 0 unspecified atom stereocenters. The van der Waals surface area contributed by atoms with E-state index in [-0.39, 0.29) is 0 Å². The molecule has 0 spiro atoms. The molecule has 0 aliphatic carbocycles. The van der Waals surface area contributed by atoms with Crippen molar-refractivity contribution >= 4 is 17.7 Å². The summed E-state index contributed by atoms with van der Waals surface area (Å²) < 4.78 is 5.34. The van der Waals surface area contributed by atoms with E-state index < -0.39 is 5.91 Å². The van der Waals surface area contributed by atoms with E-state index in [0.717, 1.165) is 29.1 Å². The molecule has 5 heteroatoms. The van der Waals surface area contributed by atoms with Gasteiger partial charge in [0.25, 0.3) is 0 Å². The molecule has 0 aliphatic heterocycles. The van der Waals surface area contributed by atoms with Crippen LogP contribution in [0.2, 0.25) is 0 Å². The van der Waals surface area contributed by atoms with Gasteiger partial charge < -0.3 is 20.7 Å². The summed E-state index contributed by atoms with van der Waals surface area (Å²) in [4.78, 5) is 13.5. The maximum Gasteiger partial charge on any atom is 0.248 e. The Labute approximate surface area is 149 Å². The average Bonchev–Trinajstić information content (AvgIpc) is 2.59. The van der Waals surface area contributed by atoms with Gasteiger partial charge in [-0.3, -0.25) is 4.79 Å². The van der Waals surface area contributed by atoms with Crippen LogP contribution in [0.3, 0.4) is 0 Å². The molecule has 0 saturated heterocycles. The minimum absolute atomic E-state index is 0.427. The third-order valence-corrected chi connectivity index (χ3v) is 3.73. The highest BCUT2D eigenvalue weighted by Crippen LogP contribution is 2.20. The van der Waals surface area contributed by atoms with Crippen molar-refractivity contribution in [1.29, 1.82) is 0 Å². The van der Waals surface area contributed by atoms with Crippen LogP contribution in [0.4, 0.5) is 5.69 Å². The first-order chi connectivity index (χ1) is 12.0. The summed E-state index contributed by atoms with van der Waals surface area (Å²) in [6.07, 6.45) is 4.03. The Morgan fingerprint density at radius 1 is 1.24 bits per heavy atom. The summed E-state index contributed by atoms with van der Waals surface area (Å²) in [5.74, 6) is 0.409. The van der Waals surface area contributed by atoms with E-state index in [0.29, 0.717) is 12.1 Å². The number of para-hydroxylation sites is 1. The summed E-state index contributed by atoms with van der Waals surface area (Å²) >= 11 is 0. The maximum atomic E-state index is 11.4. The Kier molecular flexibility index (Phi) is 6.60. The molecule has 0 fully saturated rings. The first-order valence-electron chi connectivity index (χ1n) is 8.12. The summed E-state index contributed by atoms with van der Waals surface area (Å²) in [6, 6.07) is 13.3. The van der Waals surface area contributed by atoms with Crippen LogP contribution >= 0.6 is 0 Å². The molecular weight excluding hydrogens is 314 g/mol. The standard InChI is InChI=1S/C20H25N3O2/c1-23(2)14-17-11-10-16(20(21)24)13-18(17)22-12-6-8-15-7-4-5-9-19(15)25-3/h4-11,13,22H,12,14H2,1-3H3,(H2,21,24). The zero-order valence-electron chi connectivity index (χ0n) is 15.0. The third kappa shape index (κ3) is 5.36. The molecule has 0 radical (unpaired) electrons. The molecule has 0 heterocycles. The second kappa shape index (κ2) is 8.89. The number of carbonyl (C=O) groups is 1. The first kappa shape index (κ1) is 18.5. The number of amides is 1. The van der Waals surface area contributed by atoms with Crippen LogP contribution in [0.1, 0.15) is 21.5 Å². The minimum Gasteiger partial charge on any atom is -0.496 e. The van der Waals surface area contributed by atoms with Crippen LogP contribution < -0.4 is 15.8 Å². The Morgan fingerprint density at radius 3 is 2.68 bits per heavy atom. The van der Waals surface area contributed by atoms with Crippen LogP contribution in [-0.4, -0.2) is 38.6 Å². The molecule has 0 atom stereocenters. The predicted molar refractivity (Wildman–Crippen MR) is 103 cm³/mol. The Balaban J connectivity index is 2.11. The lowest BCUT2D eigenvalue weighted by Gasteiger charge is -2.16. The van der Waals surface area contributed by atoms with E-state index in [1.165, 1.54) is 0 Å².